The Hall–Kier alpha value is -2.08. The number of nitrogen functional groups attached to an aromatic ring is 1. The van der Waals surface area contributed by atoms with Crippen LogP contribution in [-0.2, 0) is 4.79 Å². The van der Waals surface area contributed by atoms with E-state index in [2.05, 4.69) is 5.32 Å². The number of hydrogen-bond acceptors (Lipinski definition) is 3. The van der Waals surface area contributed by atoms with Crippen LogP contribution in [0.3, 0.4) is 0 Å². The third-order valence-electron chi connectivity index (χ3n) is 2.83. The van der Waals surface area contributed by atoms with E-state index in [1.54, 1.807) is 12.1 Å². The minimum atomic E-state index is -0.927. The molecule has 0 aliphatic heterocycles. The Balaban J connectivity index is 1.97. The number of carbonyl (C=O) groups excluding carboxylic acids is 1. The van der Waals surface area contributed by atoms with E-state index < -0.39 is 11.6 Å². The van der Waals surface area contributed by atoms with Crippen molar-refractivity contribution >= 4 is 29.0 Å². The van der Waals surface area contributed by atoms with Gasteiger partial charge in [0.05, 0.1) is 17.1 Å². The summed E-state index contributed by atoms with van der Waals surface area (Å²) >= 11 is 1.12. The molecule has 0 fully saturated rings. The van der Waals surface area contributed by atoms with Crippen LogP contribution in [0.5, 0.6) is 0 Å². The van der Waals surface area contributed by atoms with E-state index in [9.17, 15) is 13.6 Å². The molecule has 110 valence electrons. The average molecular weight is 308 g/mol. The van der Waals surface area contributed by atoms with Crippen LogP contribution >= 0.6 is 11.8 Å². The van der Waals surface area contributed by atoms with Crippen molar-refractivity contribution < 1.29 is 13.6 Å². The Labute approximate surface area is 125 Å². The Kier molecular flexibility index (Phi) is 4.80. The van der Waals surface area contributed by atoms with Gasteiger partial charge in [-0.15, -0.1) is 11.8 Å². The second kappa shape index (κ2) is 6.58. The van der Waals surface area contributed by atoms with Crippen molar-refractivity contribution in [1.29, 1.82) is 0 Å². The lowest BCUT2D eigenvalue weighted by molar-refractivity contribution is -0.113. The molecular weight excluding hydrogens is 294 g/mol. The third kappa shape index (κ3) is 3.95. The standard InChI is InChI=1S/C15H14F2N2OS/c1-9-3-2-4-13(18)15(9)19-14(20)8-21-10-5-6-11(16)12(17)7-10/h2-7H,8,18H2,1H3,(H,19,20). The van der Waals surface area contributed by atoms with Gasteiger partial charge in [0.15, 0.2) is 11.6 Å². The predicted molar refractivity (Wildman–Crippen MR) is 81.3 cm³/mol. The molecule has 0 aromatic heterocycles. The summed E-state index contributed by atoms with van der Waals surface area (Å²) in [6.07, 6.45) is 0. The van der Waals surface area contributed by atoms with Gasteiger partial charge in [0.25, 0.3) is 0 Å². The van der Waals surface area contributed by atoms with Gasteiger partial charge in [0, 0.05) is 4.90 Å². The Morgan fingerprint density at radius 1 is 1.24 bits per heavy atom. The molecule has 0 unspecified atom stereocenters. The number of nitrogens with one attached hydrogen (secondary N) is 1. The maximum absolute atomic E-state index is 13.1. The zero-order chi connectivity index (χ0) is 15.4. The predicted octanol–water partition coefficient (Wildman–Crippen LogP) is 3.59. The van der Waals surface area contributed by atoms with Crippen molar-refractivity contribution in [2.75, 3.05) is 16.8 Å². The average Bonchev–Trinajstić information content (AvgIpc) is 2.44. The van der Waals surface area contributed by atoms with E-state index in [0.717, 1.165) is 29.5 Å². The van der Waals surface area contributed by atoms with Crippen LogP contribution in [0.15, 0.2) is 41.3 Å². The first-order valence-corrected chi connectivity index (χ1v) is 7.18. The molecule has 3 N–H and O–H groups in total. The summed E-state index contributed by atoms with van der Waals surface area (Å²) in [5.74, 6) is -2.01. The van der Waals surface area contributed by atoms with E-state index in [0.29, 0.717) is 16.3 Å². The number of anilines is 2. The quantitative estimate of drug-likeness (QED) is 0.670. The van der Waals surface area contributed by atoms with Gasteiger partial charge in [-0.3, -0.25) is 4.79 Å². The maximum Gasteiger partial charge on any atom is 0.234 e. The molecule has 0 heterocycles. The fraction of sp³-hybridized carbons (Fsp3) is 0.133. The highest BCUT2D eigenvalue weighted by atomic mass is 32.2. The van der Waals surface area contributed by atoms with Gasteiger partial charge in [-0.25, -0.2) is 8.78 Å². The van der Waals surface area contributed by atoms with E-state index in [4.69, 9.17) is 5.73 Å². The summed E-state index contributed by atoms with van der Waals surface area (Å²) in [7, 11) is 0. The largest absolute Gasteiger partial charge is 0.397 e. The van der Waals surface area contributed by atoms with Gasteiger partial charge in [-0.05, 0) is 36.8 Å². The molecule has 3 nitrogen and oxygen atoms in total. The number of thioether (sulfide) groups is 1. The third-order valence-corrected chi connectivity index (χ3v) is 3.82. The Morgan fingerprint density at radius 2 is 2.00 bits per heavy atom. The van der Waals surface area contributed by atoms with Gasteiger partial charge in [-0.1, -0.05) is 12.1 Å². The normalized spacial score (nSPS) is 10.4. The molecule has 0 spiro atoms. The summed E-state index contributed by atoms with van der Waals surface area (Å²) in [5, 5.41) is 2.72. The minimum Gasteiger partial charge on any atom is -0.397 e. The van der Waals surface area contributed by atoms with Gasteiger partial charge >= 0.3 is 0 Å². The van der Waals surface area contributed by atoms with E-state index in [-0.39, 0.29) is 11.7 Å². The molecule has 0 aliphatic carbocycles. The molecule has 0 aliphatic rings. The van der Waals surface area contributed by atoms with Crippen molar-refractivity contribution in [2.45, 2.75) is 11.8 Å². The molecule has 2 rings (SSSR count). The molecule has 0 saturated carbocycles. The second-order valence-electron chi connectivity index (χ2n) is 4.45. The van der Waals surface area contributed by atoms with Crippen LogP contribution in [0, 0.1) is 18.6 Å². The summed E-state index contributed by atoms with van der Waals surface area (Å²) in [5.41, 5.74) is 7.73. The molecule has 21 heavy (non-hydrogen) atoms. The number of nitrogens with two attached hydrogens (primary N) is 1. The first kappa shape index (κ1) is 15.3. The molecule has 1 amide bonds. The number of aryl methyl sites for hydroxylation is 1. The fourth-order valence-electron chi connectivity index (χ4n) is 1.75. The smallest absolute Gasteiger partial charge is 0.234 e. The summed E-state index contributed by atoms with van der Waals surface area (Å²) in [6.45, 7) is 1.84. The van der Waals surface area contributed by atoms with Crippen molar-refractivity contribution in [3.8, 4) is 0 Å². The zero-order valence-corrected chi connectivity index (χ0v) is 12.1. The number of para-hydroxylation sites is 1. The van der Waals surface area contributed by atoms with Gasteiger partial charge < -0.3 is 11.1 Å². The highest BCUT2D eigenvalue weighted by molar-refractivity contribution is 8.00. The molecule has 6 heteroatoms. The van der Waals surface area contributed by atoms with Crippen LogP contribution in [-0.4, -0.2) is 11.7 Å². The van der Waals surface area contributed by atoms with Crippen LogP contribution in [0.4, 0.5) is 20.2 Å². The lowest BCUT2D eigenvalue weighted by atomic mass is 10.1. The Bertz CT molecular complexity index is 656. The van der Waals surface area contributed by atoms with Gasteiger partial charge in [0.1, 0.15) is 0 Å². The lowest BCUT2D eigenvalue weighted by Crippen LogP contribution is -2.16. The van der Waals surface area contributed by atoms with Crippen molar-refractivity contribution in [3.05, 3.63) is 53.6 Å². The van der Waals surface area contributed by atoms with E-state index in [1.807, 2.05) is 13.0 Å². The number of hydrogen-bond donors (Lipinski definition) is 2. The molecule has 0 saturated heterocycles. The van der Waals surface area contributed by atoms with E-state index in [1.165, 1.54) is 6.07 Å². The highest BCUT2D eigenvalue weighted by Gasteiger charge is 2.09. The monoisotopic (exact) mass is 308 g/mol. The number of rotatable bonds is 4. The summed E-state index contributed by atoms with van der Waals surface area (Å²) in [6, 6.07) is 8.87. The van der Waals surface area contributed by atoms with Gasteiger partial charge in [0.2, 0.25) is 5.91 Å². The molecular formula is C15H14F2N2OS. The number of amides is 1. The minimum absolute atomic E-state index is 0.0822. The van der Waals surface area contributed by atoms with Crippen LogP contribution < -0.4 is 11.1 Å². The Morgan fingerprint density at radius 3 is 2.67 bits per heavy atom. The number of carbonyl (C=O) groups is 1. The molecule has 2 aromatic carbocycles. The maximum atomic E-state index is 13.1. The first-order chi connectivity index (χ1) is 9.97. The number of benzene rings is 2. The SMILES string of the molecule is Cc1cccc(N)c1NC(=O)CSc1ccc(F)c(F)c1. The van der Waals surface area contributed by atoms with Crippen LogP contribution in [0.1, 0.15) is 5.56 Å². The topological polar surface area (TPSA) is 55.1 Å². The van der Waals surface area contributed by atoms with Crippen LogP contribution in [0.25, 0.3) is 0 Å². The first-order valence-electron chi connectivity index (χ1n) is 6.20. The lowest BCUT2D eigenvalue weighted by Gasteiger charge is -2.11. The molecule has 0 bridgehead atoms. The molecule has 0 radical (unpaired) electrons. The zero-order valence-electron chi connectivity index (χ0n) is 11.3. The number of halogens is 2. The van der Waals surface area contributed by atoms with Crippen LogP contribution in [0.2, 0.25) is 0 Å². The fourth-order valence-corrected chi connectivity index (χ4v) is 2.47. The summed E-state index contributed by atoms with van der Waals surface area (Å²) < 4.78 is 25.8. The second-order valence-corrected chi connectivity index (χ2v) is 5.50. The highest BCUT2D eigenvalue weighted by Crippen LogP contribution is 2.24. The van der Waals surface area contributed by atoms with Crippen molar-refractivity contribution in [3.63, 3.8) is 0 Å². The molecule has 2 aromatic rings. The van der Waals surface area contributed by atoms with Crippen molar-refractivity contribution in [2.24, 2.45) is 0 Å². The van der Waals surface area contributed by atoms with Crippen molar-refractivity contribution in [1.82, 2.24) is 0 Å². The molecule has 0 atom stereocenters. The van der Waals surface area contributed by atoms with E-state index >= 15 is 0 Å². The van der Waals surface area contributed by atoms with Gasteiger partial charge in [-0.2, -0.15) is 0 Å². The summed E-state index contributed by atoms with van der Waals surface area (Å²) in [4.78, 5) is 12.4.